The number of aliphatic hydroxyl groups is 1. The van der Waals surface area contributed by atoms with Gasteiger partial charge in [0.05, 0.1) is 41.7 Å². The van der Waals surface area contributed by atoms with Gasteiger partial charge in [0, 0.05) is 36.5 Å². The molecule has 3 heterocycles. The smallest absolute Gasteiger partial charge is 0.261 e. The molecular formula is C30H28N4O3. The van der Waals surface area contributed by atoms with Crippen LogP contribution in [0.15, 0.2) is 84.0 Å². The average Bonchev–Trinajstić information content (AvgIpc) is 2.95. The summed E-state index contributed by atoms with van der Waals surface area (Å²) in [5.74, 6) is 0. The van der Waals surface area contributed by atoms with E-state index in [9.17, 15) is 9.90 Å². The van der Waals surface area contributed by atoms with Crippen molar-refractivity contribution in [3.63, 3.8) is 0 Å². The zero-order valence-electron chi connectivity index (χ0n) is 20.6. The number of rotatable bonds is 5. The lowest BCUT2D eigenvalue weighted by molar-refractivity contribution is -0.0395. The summed E-state index contributed by atoms with van der Waals surface area (Å²) in [6.07, 6.45) is 3.95. The van der Waals surface area contributed by atoms with Gasteiger partial charge in [0.2, 0.25) is 0 Å². The van der Waals surface area contributed by atoms with E-state index in [1.807, 2.05) is 55.7 Å². The van der Waals surface area contributed by atoms with E-state index < -0.39 is 6.10 Å². The van der Waals surface area contributed by atoms with Crippen LogP contribution in [-0.2, 0) is 11.2 Å². The van der Waals surface area contributed by atoms with Crippen LogP contribution in [0.3, 0.4) is 0 Å². The number of pyridine rings is 1. The summed E-state index contributed by atoms with van der Waals surface area (Å²) >= 11 is 0. The van der Waals surface area contributed by atoms with Crippen LogP contribution >= 0.6 is 0 Å². The first-order valence-corrected chi connectivity index (χ1v) is 12.5. The fourth-order valence-corrected chi connectivity index (χ4v) is 5.19. The Labute approximate surface area is 214 Å². The summed E-state index contributed by atoms with van der Waals surface area (Å²) in [4.78, 5) is 23.0. The topological polar surface area (TPSA) is 89.3 Å². The van der Waals surface area contributed by atoms with E-state index in [1.165, 1.54) is 0 Å². The van der Waals surface area contributed by atoms with Crippen LogP contribution in [0.25, 0.3) is 32.9 Å². The lowest BCUT2D eigenvalue weighted by atomic mass is 9.96. The second-order valence-electron chi connectivity index (χ2n) is 9.49. The molecule has 0 spiro atoms. The molecule has 37 heavy (non-hydrogen) atoms. The molecule has 0 amide bonds. The summed E-state index contributed by atoms with van der Waals surface area (Å²) in [5.41, 5.74) is 5.68. The minimum absolute atomic E-state index is 0.138. The van der Waals surface area contributed by atoms with Crippen molar-refractivity contribution in [2.45, 2.75) is 25.0 Å². The molecule has 1 saturated heterocycles. The third-order valence-electron chi connectivity index (χ3n) is 7.21. The van der Waals surface area contributed by atoms with Gasteiger partial charge in [0.1, 0.15) is 0 Å². The van der Waals surface area contributed by atoms with Crippen molar-refractivity contribution in [3.05, 3.63) is 101 Å². The van der Waals surface area contributed by atoms with Crippen LogP contribution < -0.4 is 10.9 Å². The summed E-state index contributed by atoms with van der Waals surface area (Å²) in [6.45, 7) is 0.735. The van der Waals surface area contributed by atoms with Crippen LogP contribution in [0.2, 0.25) is 0 Å². The van der Waals surface area contributed by atoms with E-state index in [0.29, 0.717) is 30.4 Å². The molecule has 1 aliphatic rings. The largest absolute Gasteiger partial charge is 0.389 e. The molecule has 0 radical (unpaired) electrons. The number of aromatic nitrogens is 3. The van der Waals surface area contributed by atoms with Crippen molar-refractivity contribution in [1.29, 1.82) is 0 Å². The Kier molecular flexibility index (Phi) is 6.16. The first-order valence-electron chi connectivity index (χ1n) is 12.5. The molecule has 1 fully saturated rings. The van der Waals surface area contributed by atoms with Crippen LogP contribution in [0, 0.1) is 0 Å². The lowest BCUT2D eigenvalue weighted by Crippen LogP contribution is -2.39. The van der Waals surface area contributed by atoms with Gasteiger partial charge in [0.25, 0.3) is 5.56 Å². The average molecular weight is 493 g/mol. The molecule has 0 unspecified atom stereocenters. The van der Waals surface area contributed by atoms with Gasteiger partial charge >= 0.3 is 0 Å². The SMILES string of the molecule is CNc1ccc(-c2ccc(Cc3cc4c(=O)n([C@H]5CCOC[C@@H]5O)cnc4c4ccccc34)cn2)cc1. The van der Waals surface area contributed by atoms with E-state index in [4.69, 9.17) is 9.72 Å². The quantitative estimate of drug-likeness (QED) is 0.350. The molecule has 0 aliphatic carbocycles. The van der Waals surface area contributed by atoms with Gasteiger partial charge in [-0.2, -0.15) is 0 Å². The maximum Gasteiger partial charge on any atom is 0.261 e. The molecule has 6 rings (SSSR count). The zero-order valence-corrected chi connectivity index (χ0v) is 20.6. The minimum atomic E-state index is -0.732. The molecule has 2 N–H and O–H groups in total. The number of hydrogen-bond donors (Lipinski definition) is 2. The maximum atomic E-state index is 13.6. The zero-order chi connectivity index (χ0) is 25.4. The highest BCUT2D eigenvalue weighted by Gasteiger charge is 2.27. The summed E-state index contributed by atoms with van der Waals surface area (Å²) in [5, 5.41) is 16.2. The molecule has 7 nitrogen and oxygen atoms in total. The van der Waals surface area contributed by atoms with Crippen LogP contribution in [0.5, 0.6) is 0 Å². The van der Waals surface area contributed by atoms with Gasteiger partial charge in [-0.05, 0) is 53.6 Å². The molecule has 186 valence electrons. The Balaban J connectivity index is 1.39. The molecular weight excluding hydrogens is 464 g/mol. The van der Waals surface area contributed by atoms with Crippen molar-refractivity contribution in [3.8, 4) is 11.3 Å². The Bertz CT molecular complexity index is 1630. The lowest BCUT2D eigenvalue weighted by Gasteiger charge is -2.29. The molecule has 3 aromatic carbocycles. The third-order valence-corrected chi connectivity index (χ3v) is 7.21. The van der Waals surface area contributed by atoms with E-state index >= 15 is 0 Å². The van der Waals surface area contributed by atoms with E-state index in [0.717, 1.165) is 38.8 Å². The van der Waals surface area contributed by atoms with Gasteiger partial charge in [-0.25, -0.2) is 4.98 Å². The number of hydrogen-bond acceptors (Lipinski definition) is 6. The van der Waals surface area contributed by atoms with Crippen molar-refractivity contribution >= 4 is 27.4 Å². The number of benzene rings is 3. The third kappa shape index (κ3) is 4.37. The first kappa shape index (κ1) is 23.3. The minimum Gasteiger partial charge on any atom is -0.389 e. The number of nitrogens with zero attached hydrogens (tertiary/aromatic N) is 3. The van der Waals surface area contributed by atoms with E-state index in [2.05, 4.69) is 34.6 Å². The Hall–Kier alpha value is -4.07. The van der Waals surface area contributed by atoms with Crippen LogP contribution in [0.4, 0.5) is 5.69 Å². The molecule has 1 aliphatic heterocycles. The number of nitrogens with one attached hydrogen (secondary N) is 1. The van der Waals surface area contributed by atoms with Crippen molar-refractivity contribution < 1.29 is 9.84 Å². The summed E-state index contributed by atoms with van der Waals surface area (Å²) in [7, 11) is 1.90. The second-order valence-corrected chi connectivity index (χ2v) is 9.49. The fourth-order valence-electron chi connectivity index (χ4n) is 5.19. The number of ether oxygens (including phenoxy) is 1. The molecule has 5 aromatic rings. The summed E-state index contributed by atoms with van der Waals surface area (Å²) in [6, 6.07) is 22.0. The van der Waals surface area contributed by atoms with Crippen molar-refractivity contribution in [1.82, 2.24) is 14.5 Å². The normalized spacial score (nSPS) is 17.8. The predicted molar refractivity (Wildman–Crippen MR) is 146 cm³/mol. The van der Waals surface area contributed by atoms with Crippen LogP contribution in [-0.4, -0.2) is 46.0 Å². The monoisotopic (exact) mass is 492 g/mol. The van der Waals surface area contributed by atoms with Crippen molar-refractivity contribution in [2.75, 3.05) is 25.6 Å². The highest BCUT2D eigenvalue weighted by molar-refractivity contribution is 6.06. The standard InChI is InChI=1S/C30H28N4O3/c1-31-22-9-7-20(8-10-22)26-11-6-19(16-32-26)14-21-15-25-29(24-5-3-2-4-23(21)24)33-18-34(30(25)36)27-12-13-37-17-28(27)35/h2-11,15-16,18,27-28,31,35H,12-14,17H2,1H3/t27-,28-/m0/s1. The van der Waals surface area contributed by atoms with Crippen molar-refractivity contribution in [2.24, 2.45) is 0 Å². The molecule has 2 aromatic heterocycles. The van der Waals surface area contributed by atoms with E-state index in [-0.39, 0.29) is 18.2 Å². The Morgan fingerprint density at radius 3 is 2.57 bits per heavy atom. The van der Waals surface area contributed by atoms with E-state index in [1.54, 1.807) is 10.9 Å². The molecule has 0 saturated carbocycles. The fraction of sp³-hybridized carbons (Fsp3) is 0.233. The number of aliphatic hydroxyl groups excluding tert-OH is 1. The molecule has 2 atom stereocenters. The van der Waals surface area contributed by atoms with Gasteiger partial charge in [-0.15, -0.1) is 0 Å². The van der Waals surface area contributed by atoms with Gasteiger partial charge in [0.15, 0.2) is 0 Å². The van der Waals surface area contributed by atoms with Gasteiger partial charge in [-0.3, -0.25) is 14.3 Å². The molecule has 7 heteroatoms. The summed E-state index contributed by atoms with van der Waals surface area (Å²) < 4.78 is 6.93. The predicted octanol–water partition coefficient (Wildman–Crippen LogP) is 4.57. The second kappa shape index (κ2) is 9.76. The Morgan fingerprint density at radius 2 is 1.84 bits per heavy atom. The molecule has 0 bridgehead atoms. The van der Waals surface area contributed by atoms with Gasteiger partial charge < -0.3 is 15.2 Å². The highest BCUT2D eigenvalue weighted by Crippen LogP contribution is 2.29. The maximum absolute atomic E-state index is 13.6. The van der Waals surface area contributed by atoms with Crippen LogP contribution in [0.1, 0.15) is 23.6 Å². The van der Waals surface area contributed by atoms with Gasteiger partial charge in [-0.1, -0.05) is 42.5 Å². The number of anilines is 1. The first-order chi connectivity index (χ1) is 18.1. The Morgan fingerprint density at radius 1 is 1.03 bits per heavy atom. The highest BCUT2D eigenvalue weighted by atomic mass is 16.5. The number of fused-ring (bicyclic) bond motifs is 3.